The summed E-state index contributed by atoms with van der Waals surface area (Å²) >= 11 is 2.09. The van der Waals surface area contributed by atoms with E-state index in [-0.39, 0.29) is 0 Å². The van der Waals surface area contributed by atoms with Crippen LogP contribution >= 0.6 is 11.8 Å². The van der Waals surface area contributed by atoms with E-state index in [0.717, 1.165) is 18.6 Å². The van der Waals surface area contributed by atoms with Crippen molar-refractivity contribution in [3.8, 4) is 0 Å². The summed E-state index contributed by atoms with van der Waals surface area (Å²) in [4.78, 5) is 5.43. The second kappa shape index (κ2) is 4.72. The Kier molecular flexibility index (Phi) is 3.41. The number of likely N-dealkylation sites (tertiary alicyclic amines) is 1. The zero-order valence-corrected chi connectivity index (χ0v) is 11.7. The molecule has 2 saturated heterocycles. The third-order valence-electron chi connectivity index (χ3n) is 4.80. The summed E-state index contributed by atoms with van der Waals surface area (Å²) in [7, 11) is 0. The van der Waals surface area contributed by atoms with Crippen molar-refractivity contribution >= 4 is 11.8 Å². The van der Waals surface area contributed by atoms with Gasteiger partial charge in [-0.05, 0) is 26.2 Å². The Bertz CT molecular complexity index is 276. The molecule has 2 atom stereocenters. The van der Waals surface area contributed by atoms with E-state index in [1.807, 2.05) is 0 Å². The van der Waals surface area contributed by atoms with E-state index in [1.165, 1.54) is 50.4 Å². The first-order chi connectivity index (χ1) is 8.25. The SMILES string of the molecule is CC1CC(CN)(N2CCSCC2)CN1C1CC1. The quantitative estimate of drug-likeness (QED) is 0.815. The number of rotatable bonds is 3. The van der Waals surface area contributed by atoms with E-state index < -0.39 is 0 Å². The first-order valence-corrected chi connectivity index (χ1v) is 8.19. The Balaban J connectivity index is 1.73. The van der Waals surface area contributed by atoms with Crippen molar-refractivity contribution in [3.05, 3.63) is 0 Å². The van der Waals surface area contributed by atoms with Gasteiger partial charge in [0, 0.05) is 55.3 Å². The van der Waals surface area contributed by atoms with E-state index in [9.17, 15) is 0 Å². The van der Waals surface area contributed by atoms with Crippen LogP contribution in [-0.2, 0) is 0 Å². The number of nitrogens with zero attached hydrogens (tertiary/aromatic N) is 2. The van der Waals surface area contributed by atoms with Crippen LogP contribution in [0.5, 0.6) is 0 Å². The summed E-state index contributed by atoms with van der Waals surface area (Å²) in [5, 5.41) is 0. The third-order valence-corrected chi connectivity index (χ3v) is 5.74. The van der Waals surface area contributed by atoms with Gasteiger partial charge in [-0.2, -0.15) is 11.8 Å². The van der Waals surface area contributed by atoms with E-state index >= 15 is 0 Å². The van der Waals surface area contributed by atoms with Crippen LogP contribution in [0.1, 0.15) is 26.2 Å². The van der Waals surface area contributed by atoms with Crippen LogP contribution in [0, 0.1) is 0 Å². The Labute approximate surface area is 109 Å². The van der Waals surface area contributed by atoms with Gasteiger partial charge in [-0.3, -0.25) is 9.80 Å². The number of nitrogens with two attached hydrogens (primary N) is 1. The molecular formula is C13H25N3S. The van der Waals surface area contributed by atoms with E-state index in [1.54, 1.807) is 0 Å². The summed E-state index contributed by atoms with van der Waals surface area (Å²) in [6.45, 7) is 6.94. The first-order valence-electron chi connectivity index (χ1n) is 7.04. The molecule has 2 heterocycles. The fourth-order valence-corrected chi connectivity index (χ4v) is 4.57. The largest absolute Gasteiger partial charge is 0.329 e. The highest BCUT2D eigenvalue weighted by Gasteiger charge is 2.49. The minimum atomic E-state index is 0.295. The molecule has 3 aliphatic rings. The highest BCUT2D eigenvalue weighted by molar-refractivity contribution is 7.99. The second-order valence-electron chi connectivity index (χ2n) is 5.98. The van der Waals surface area contributed by atoms with Gasteiger partial charge >= 0.3 is 0 Å². The van der Waals surface area contributed by atoms with Gasteiger partial charge in [-0.1, -0.05) is 0 Å². The van der Waals surface area contributed by atoms with E-state index in [0.29, 0.717) is 5.54 Å². The average molecular weight is 255 g/mol. The lowest BCUT2D eigenvalue weighted by molar-refractivity contribution is 0.109. The van der Waals surface area contributed by atoms with Crippen LogP contribution in [0.15, 0.2) is 0 Å². The Hall–Kier alpha value is 0.230. The molecule has 0 radical (unpaired) electrons. The second-order valence-corrected chi connectivity index (χ2v) is 7.21. The van der Waals surface area contributed by atoms with Crippen LogP contribution in [0.2, 0.25) is 0 Å². The van der Waals surface area contributed by atoms with E-state index in [4.69, 9.17) is 5.73 Å². The summed E-state index contributed by atoms with van der Waals surface area (Å²) in [6.07, 6.45) is 4.12. The van der Waals surface area contributed by atoms with Crippen molar-refractivity contribution < 1.29 is 0 Å². The van der Waals surface area contributed by atoms with Crippen molar-refractivity contribution in [3.63, 3.8) is 0 Å². The summed E-state index contributed by atoms with van der Waals surface area (Å²) < 4.78 is 0. The van der Waals surface area contributed by atoms with Crippen molar-refractivity contribution in [2.24, 2.45) is 5.73 Å². The molecule has 4 heteroatoms. The minimum absolute atomic E-state index is 0.295. The predicted octanol–water partition coefficient (Wildman–Crippen LogP) is 0.989. The molecule has 3 rings (SSSR count). The summed E-state index contributed by atoms with van der Waals surface area (Å²) in [5.74, 6) is 2.58. The molecule has 98 valence electrons. The fraction of sp³-hybridized carbons (Fsp3) is 1.00. The van der Waals surface area contributed by atoms with Crippen LogP contribution in [0.4, 0.5) is 0 Å². The summed E-state index contributed by atoms with van der Waals surface area (Å²) in [6, 6.07) is 1.62. The molecule has 1 aliphatic carbocycles. The molecule has 2 aliphatic heterocycles. The average Bonchev–Trinajstić information content (AvgIpc) is 3.15. The lowest BCUT2D eigenvalue weighted by Gasteiger charge is -2.42. The highest BCUT2D eigenvalue weighted by atomic mass is 32.2. The molecule has 0 amide bonds. The predicted molar refractivity (Wildman–Crippen MR) is 74.5 cm³/mol. The Morgan fingerprint density at radius 3 is 2.59 bits per heavy atom. The molecule has 0 aromatic heterocycles. The van der Waals surface area contributed by atoms with Gasteiger partial charge in [0.1, 0.15) is 0 Å². The van der Waals surface area contributed by atoms with Gasteiger partial charge in [-0.15, -0.1) is 0 Å². The van der Waals surface area contributed by atoms with Crippen LogP contribution in [0.3, 0.4) is 0 Å². The first kappa shape index (κ1) is 12.3. The molecule has 3 fully saturated rings. The molecule has 0 spiro atoms. The van der Waals surface area contributed by atoms with Crippen molar-refractivity contribution in [1.82, 2.24) is 9.80 Å². The molecule has 17 heavy (non-hydrogen) atoms. The molecule has 2 unspecified atom stereocenters. The molecule has 0 aromatic carbocycles. The number of thioether (sulfide) groups is 1. The lowest BCUT2D eigenvalue weighted by atomic mass is 9.94. The fourth-order valence-electron chi connectivity index (χ4n) is 3.67. The zero-order chi connectivity index (χ0) is 11.9. The van der Waals surface area contributed by atoms with Crippen molar-refractivity contribution in [2.75, 3.05) is 37.7 Å². The summed E-state index contributed by atoms with van der Waals surface area (Å²) in [5.41, 5.74) is 6.46. The highest BCUT2D eigenvalue weighted by Crippen LogP contribution is 2.40. The van der Waals surface area contributed by atoms with E-state index in [2.05, 4.69) is 28.5 Å². The Morgan fingerprint density at radius 2 is 2.00 bits per heavy atom. The van der Waals surface area contributed by atoms with Crippen LogP contribution < -0.4 is 5.73 Å². The maximum absolute atomic E-state index is 6.17. The smallest absolute Gasteiger partial charge is 0.0474 e. The van der Waals surface area contributed by atoms with Crippen molar-refractivity contribution in [2.45, 2.75) is 43.8 Å². The van der Waals surface area contributed by atoms with Gasteiger partial charge in [0.05, 0.1) is 0 Å². The van der Waals surface area contributed by atoms with Gasteiger partial charge < -0.3 is 5.73 Å². The lowest BCUT2D eigenvalue weighted by Crippen LogP contribution is -2.58. The molecule has 0 aromatic rings. The molecule has 2 N–H and O–H groups in total. The normalized spacial score (nSPS) is 40.9. The molecule has 3 nitrogen and oxygen atoms in total. The van der Waals surface area contributed by atoms with Crippen molar-refractivity contribution in [1.29, 1.82) is 0 Å². The van der Waals surface area contributed by atoms with Crippen LogP contribution in [-0.4, -0.2) is 65.1 Å². The molecule has 1 saturated carbocycles. The zero-order valence-electron chi connectivity index (χ0n) is 10.9. The van der Waals surface area contributed by atoms with Gasteiger partial charge in [0.25, 0.3) is 0 Å². The monoisotopic (exact) mass is 255 g/mol. The topological polar surface area (TPSA) is 32.5 Å². The van der Waals surface area contributed by atoms with Gasteiger partial charge in [-0.25, -0.2) is 0 Å². The number of hydrogen-bond donors (Lipinski definition) is 1. The van der Waals surface area contributed by atoms with Crippen LogP contribution in [0.25, 0.3) is 0 Å². The Morgan fingerprint density at radius 1 is 1.29 bits per heavy atom. The molecular weight excluding hydrogens is 230 g/mol. The molecule has 0 bridgehead atoms. The van der Waals surface area contributed by atoms with Gasteiger partial charge in [0.15, 0.2) is 0 Å². The third kappa shape index (κ3) is 2.25. The minimum Gasteiger partial charge on any atom is -0.329 e. The number of hydrogen-bond acceptors (Lipinski definition) is 4. The van der Waals surface area contributed by atoms with Gasteiger partial charge in [0.2, 0.25) is 0 Å². The maximum atomic E-state index is 6.17. The standard InChI is InChI=1S/C13H25N3S/c1-11-8-13(9-14,10-16(11)12-2-3-12)15-4-6-17-7-5-15/h11-12H,2-10,14H2,1H3. The maximum Gasteiger partial charge on any atom is 0.0474 e.